The third-order valence-electron chi connectivity index (χ3n) is 4.19. The van der Waals surface area contributed by atoms with Crippen LogP contribution in [0.1, 0.15) is 43.7 Å². The number of nitrogens with one attached hydrogen (secondary N) is 1. The van der Waals surface area contributed by atoms with Gasteiger partial charge >= 0.3 is 0 Å². The Bertz CT molecular complexity index is 546. The molecule has 0 radical (unpaired) electrons. The van der Waals surface area contributed by atoms with Crippen LogP contribution in [0, 0.1) is 5.92 Å². The lowest BCUT2D eigenvalue weighted by atomic mass is 9.81. The molecule has 1 heterocycles. The Kier molecular flexibility index (Phi) is 4.93. The Morgan fingerprint density at radius 2 is 1.95 bits per heavy atom. The summed E-state index contributed by atoms with van der Waals surface area (Å²) in [5.74, 6) is 0.650. The highest BCUT2D eigenvalue weighted by molar-refractivity contribution is 9.10. The van der Waals surface area contributed by atoms with Crippen LogP contribution in [-0.2, 0) is 0 Å². The zero-order valence-corrected chi connectivity index (χ0v) is 13.3. The molecular formula is C15H20BrClN2. The van der Waals surface area contributed by atoms with Gasteiger partial charge in [0.1, 0.15) is 0 Å². The van der Waals surface area contributed by atoms with Crippen molar-refractivity contribution >= 4 is 39.2 Å². The second-order valence-electron chi connectivity index (χ2n) is 5.36. The van der Waals surface area contributed by atoms with Crippen molar-refractivity contribution in [3.63, 3.8) is 0 Å². The molecule has 19 heavy (non-hydrogen) atoms. The molecule has 0 amide bonds. The van der Waals surface area contributed by atoms with Gasteiger partial charge in [0.25, 0.3) is 0 Å². The molecule has 1 aromatic heterocycles. The molecule has 1 fully saturated rings. The third kappa shape index (κ3) is 2.99. The van der Waals surface area contributed by atoms with E-state index in [0.29, 0.717) is 5.92 Å². The van der Waals surface area contributed by atoms with Crippen LogP contribution in [-0.4, -0.2) is 4.98 Å². The van der Waals surface area contributed by atoms with Gasteiger partial charge in [-0.25, -0.2) is 0 Å². The second-order valence-corrected chi connectivity index (χ2v) is 6.27. The lowest BCUT2D eigenvalue weighted by molar-refractivity contribution is 0.309. The van der Waals surface area contributed by atoms with Crippen LogP contribution in [0.25, 0.3) is 10.9 Å². The van der Waals surface area contributed by atoms with E-state index in [-0.39, 0.29) is 18.4 Å². The van der Waals surface area contributed by atoms with Gasteiger partial charge in [-0.05, 0) is 42.5 Å². The minimum atomic E-state index is 0. The van der Waals surface area contributed by atoms with Crippen LogP contribution < -0.4 is 5.73 Å². The third-order valence-corrected chi connectivity index (χ3v) is 4.69. The van der Waals surface area contributed by atoms with Crippen molar-refractivity contribution < 1.29 is 0 Å². The number of benzene rings is 1. The fourth-order valence-electron chi connectivity index (χ4n) is 3.14. The molecule has 0 unspecified atom stereocenters. The Labute approximate surface area is 128 Å². The largest absolute Gasteiger partial charge is 0.361 e. The number of aromatic nitrogens is 1. The molecule has 0 spiro atoms. The van der Waals surface area contributed by atoms with Crippen LogP contribution in [0.3, 0.4) is 0 Å². The van der Waals surface area contributed by atoms with E-state index in [4.69, 9.17) is 5.73 Å². The van der Waals surface area contributed by atoms with Gasteiger partial charge in [0, 0.05) is 27.6 Å². The van der Waals surface area contributed by atoms with Crippen molar-refractivity contribution in [2.45, 2.75) is 38.1 Å². The van der Waals surface area contributed by atoms with Gasteiger partial charge in [0.2, 0.25) is 0 Å². The molecule has 4 heteroatoms. The van der Waals surface area contributed by atoms with Gasteiger partial charge in [0.15, 0.2) is 0 Å². The minimum absolute atomic E-state index is 0. The number of hydrogen-bond donors (Lipinski definition) is 2. The summed E-state index contributed by atoms with van der Waals surface area (Å²) in [5.41, 5.74) is 8.95. The van der Waals surface area contributed by atoms with E-state index in [1.165, 1.54) is 48.6 Å². The molecular weight excluding hydrogens is 324 g/mol. The highest BCUT2D eigenvalue weighted by Crippen LogP contribution is 2.36. The molecule has 2 nitrogen and oxygen atoms in total. The lowest BCUT2D eigenvalue weighted by Gasteiger charge is -2.27. The molecule has 3 N–H and O–H groups in total. The molecule has 0 aliphatic heterocycles. The first-order chi connectivity index (χ1) is 8.75. The van der Waals surface area contributed by atoms with E-state index < -0.39 is 0 Å². The maximum absolute atomic E-state index is 6.50. The Morgan fingerprint density at radius 3 is 2.68 bits per heavy atom. The standard InChI is InChI=1S/C15H19BrN2.ClH/c16-11-6-7-14-12(8-11)13(9-18-14)15(17)10-4-2-1-3-5-10;/h6-10,15,18H,1-5,17H2;1H/t15-;/m1./s1. The van der Waals surface area contributed by atoms with Crippen molar-refractivity contribution in [3.05, 3.63) is 34.4 Å². The quantitative estimate of drug-likeness (QED) is 0.797. The topological polar surface area (TPSA) is 41.8 Å². The summed E-state index contributed by atoms with van der Waals surface area (Å²) in [6.45, 7) is 0. The van der Waals surface area contributed by atoms with Gasteiger partial charge in [-0.3, -0.25) is 0 Å². The van der Waals surface area contributed by atoms with Gasteiger partial charge < -0.3 is 10.7 Å². The number of aromatic amines is 1. The zero-order chi connectivity index (χ0) is 12.5. The Morgan fingerprint density at radius 1 is 1.21 bits per heavy atom. The lowest BCUT2D eigenvalue weighted by Crippen LogP contribution is -2.23. The van der Waals surface area contributed by atoms with E-state index in [2.05, 4.69) is 45.3 Å². The fraction of sp³-hybridized carbons (Fsp3) is 0.467. The number of H-pyrrole nitrogens is 1. The predicted molar refractivity (Wildman–Crippen MR) is 86.8 cm³/mol. The van der Waals surface area contributed by atoms with E-state index in [9.17, 15) is 0 Å². The van der Waals surface area contributed by atoms with E-state index in [1.807, 2.05) is 0 Å². The van der Waals surface area contributed by atoms with Crippen molar-refractivity contribution in [3.8, 4) is 0 Å². The van der Waals surface area contributed by atoms with Crippen LogP contribution in [0.15, 0.2) is 28.9 Å². The van der Waals surface area contributed by atoms with Gasteiger partial charge in [0.05, 0.1) is 0 Å². The van der Waals surface area contributed by atoms with Crippen LogP contribution in [0.5, 0.6) is 0 Å². The molecule has 104 valence electrons. The first-order valence-electron chi connectivity index (χ1n) is 6.78. The number of nitrogens with two attached hydrogens (primary N) is 1. The van der Waals surface area contributed by atoms with E-state index in [1.54, 1.807) is 0 Å². The van der Waals surface area contributed by atoms with Gasteiger partial charge in [-0.1, -0.05) is 35.2 Å². The molecule has 1 aromatic carbocycles. The van der Waals surface area contributed by atoms with Crippen LogP contribution in [0.4, 0.5) is 0 Å². The highest BCUT2D eigenvalue weighted by atomic mass is 79.9. The fourth-order valence-corrected chi connectivity index (χ4v) is 3.50. The average Bonchev–Trinajstić information content (AvgIpc) is 2.82. The second kappa shape index (κ2) is 6.29. The molecule has 1 saturated carbocycles. The summed E-state index contributed by atoms with van der Waals surface area (Å²) in [7, 11) is 0. The van der Waals surface area contributed by atoms with Crippen molar-refractivity contribution in [2.75, 3.05) is 0 Å². The summed E-state index contributed by atoms with van der Waals surface area (Å²) < 4.78 is 1.12. The summed E-state index contributed by atoms with van der Waals surface area (Å²) in [4.78, 5) is 3.33. The van der Waals surface area contributed by atoms with Crippen LogP contribution >= 0.6 is 28.3 Å². The monoisotopic (exact) mass is 342 g/mol. The maximum atomic E-state index is 6.50. The number of rotatable bonds is 2. The maximum Gasteiger partial charge on any atom is 0.0458 e. The Balaban J connectivity index is 0.00000133. The molecule has 1 atom stereocenters. The van der Waals surface area contributed by atoms with E-state index in [0.717, 1.165) is 4.47 Å². The van der Waals surface area contributed by atoms with Gasteiger partial charge in [-0.15, -0.1) is 12.4 Å². The number of halogens is 2. The van der Waals surface area contributed by atoms with Crippen LogP contribution in [0.2, 0.25) is 0 Å². The van der Waals surface area contributed by atoms with Crippen molar-refractivity contribution in [1.29, 1.82) is 0 Å². The van der Waals surface area contributed by atoms with Gasteiger partial charge in [-0.2, -0.15) is 0 Å². The summed E-state index contributed by atoms with van der Waals surface area (Å²) in [5, 5.41) is 1.27. The van der Waals surface area contributed by atoms with Crippen molar-refractivity contribution in [1.82, 2.24) is 4.98 Å². The molecule has 0 saturated heterocycles. The SMILES string of the molecule is Cl.N[C@@H](c1c[nH]c2ccc(Br)cc12)C1CCCCC1. The first-order valence-corrected chi connectivity index (χ1v) is 7.57. The first kappa shape index (κ1) is 14.9. The normalized spacial score (nSPS) is 18.2. The number of fused-ring (bicyclic) bond motifs is 1. The predicted octanol–water partition coefficient (Wildman–Crippen LogP) is 4.93. The van der Waals surface area contributed by atoms with Crippen molar-refractivity contribution in [2.24, 2.45) is 11.7 Å². The molecule has 1 aliphatic carbocycles. The molecule has 0 bridgehead atoms. The smallest absolute Gasteiger partial charge is 0.0458 e. The Hall–Kier alpha value is -0.510. The zero-order valence-electron chi connectivity index (χ0n) is 10.9. The highest BCUT2D eigenvalue weighted by Gasteiger charge is 2.23. The minimum Gasteiger partial charge on any atom is -0.361 e. The average molecular weight is 344 g/mol. The summed E-state index contributed by atoms with van der Waals surface area (Å²) in [6, 6.07) is 6.52. The molecule has 2 aromatic rings. The van der Waals surface area contributed by atoms with E-state index >= 15 is 0 Å². The number of hydrogen-bond acceptors (Lipinski definition) is 1. The molecule has 3 rings (SSSR count). The summed E-state index contributed by atoms with van der Waals surface area (Å²) in [6.07, 6.45) is 8.71. The summed E-state index contributed by atoms with van der Waals surface area (Å²) >= 11 is 3.54. The molecule has 1 aliphatic rings.